The molecule has 0 saturated heterocycles. The van der Waals surface area contributed by atoms with Gasteiger partial charge in [-0.1, -0.05) is 20.8 Å². The van der Waals surface area contributed by atoms with E-state index in [2.05, 4.69) is 40.9 Å². The van der Waals surface area contributed by atoms with E-state index in [0.717, 1.165) is 11.2 Å². The Labute approximate surface area is 76.4 Å². The average molecular weight is 176 g/mol. The molecule has 2 aromatic rings. The van der Waals surface area contributed by atoms with E-state index in [1.165, 1.54) is 0 Å². The number of fused-ring (bicyclic) bond motifs is 1. The smallest absolute Gasteiger partial charge is 0.199 e. The van der Waals surface area contributed by atoms with Crippen LogP contribution in [0.5, 0.6) is 0 Å². The van der Waals surface area contributed by atoms with Gasteiger partial charge < -0.3 is 0 Å². The average Bonchev–Trinajstić information content (AvgIpc) is 2.45. The third-order valence-electron chi connectivity index (χ3n) is 1.94. The maximum Gasteiger partial charge on any atom is 0.199 e. The van der Waals surface area contributed by atoms with Crippen molar-refractivity contribution in [2.45, 2.75) is 26.2 Å². The lowest BCUT2D eigenvalue weighted by Crippen LogP contribution is -2.12. The predicted molar refractivity (Wildman–Crippen MR) is 50.4 cm³/mol. The van der Waals surface area contributed by atoms with Gasteiger partial charge in [0.25, 0.3) is 0 Å². The van der Waals surface area contributed by atoms with E-state index in [9.17, 15) is 0 Å². The molecule has 0 fully saturated rings. The Kier molecular flexibility index (Phi) is 1.58. The summed E-state index contributed by atoms with van der Waals surface area (Å²) in [7, 11) is 0. The second-order valence-electron chi connectivity index (χ2n) is 4.08. The van der Waals surface area contributed by atoms with Gasteiger partial charge in [-0.2, -0.15) is 5.10 Å². The molecule has 0 saturated carbocycles. The van der Waals surface area contributed by atoms with Gasteiger partial charge >= 0.3 is 0 Å². The van der Waals surface area contributed by atoms with Crippen LogP contribution >= 0.6 is 0 Å². The number of H-pyrrole nitrogens is 1. The molecule has 0 aliphatic heterocycles. The molecule has 68 valence electrons. The molecule has 0 aromatic carbocycles. The maximum absolute atomic E-state index is 4.25. The summed E-state index contributed by atoms with van der Waals surface area (Å²) in [4.78, 5) is 8.36. The SMILES string of the molecule is CC(C)(C)c1[nH]nc2nccnc12. The van der Waals surface area contributed by atoms with Gasteiger partial charge in [-0.15, -0.1) is 0 Å². The van der Waals surface area contributed by atoms with Crippen molar-refractivity contribution in [3.05, 3.63) is 18.1 Å². The molecule has 1 N–H and O–H groups in total. The van der Waals surface area contributed by atoms with Crippen molar-refractivity contribution < 1.29 is 0 Å². The Morgan fingerprint density at radius 2 is 1.85 bits per heavy atom. The van der Waals surface area contributed by atoms with Gasteiger partial charge in [0.1, 0.15) is 5.52 Å². The van der Waals surface area contributed by atoms with Crippen LogP contribution in [-0.2, 0) is 5.41 Å². The number of aromatic nitrogens is 4. The Balaban J connectivity index is 2.72. The lowest BCUT2D eigenvalue weighted by Gasteiger charge is -2.15. The van der Waals surface area contributed by atoms with Crippen LogP contribution in [-0.4, -0.2) is 20.2 Å². The number of aromatic amines is 1. The predicted octanol–water partition coefficient (Wildman–Crippen LogP) is 1.65. The Hall–Kier alpha value is -1.45. The zero-order chi connectivity index (χ0) is 9.47. The third-order valence-corrected chi connectivity index (χ3v) is 1.94. The standard InChI is InChI=1S/C9H12N4/c1-9(2,3)7-6-8(13-12-7)11-5-4-10-6/h4-5H,1-3H3,(H,11,12,13). The first-order valence-corrected chi connectivity index (χ1v) is 4.24. The first-order valence-electron chi connectivity index (χ1n) is 4.24. The number of rotatable bonds is 0. The van der Waals surface area contributed by atoms with Crippen LogP contribution in [0.3, 0.4) is 0 Å². The van der Waals surface area contributed by atoms with Crippen LogP contribution in [0.4, 0.5) is 0 Å². The van der Waals surface area contributed by atoms with Crippen LogP contribution in [0.15, 0.2) is 12.4 Å². The van der Waals surface area contributed by atoms with Gasteiger partial charge in [0.15, 0.2) is 5.65 Å². The van der Waals surface area contributed by atoms with Crippen molar-refractivity contribution >= 4 is 11.2 Å². The molecule has 13 heavy (non-hydrogen) atoms. The second-order valence-corrected chi connectivity index (χ2v) is 4.08. The van der Waals surface area contributed by atoms with Gasteiger partial charge in [0, 0.05) is 17.8 Å². The number of hydrogen-bond acceptors (Lipinski definition) is 3. The van der Waals surface area contributed by atoms with Gasteiger partial charge in [-0.25, -0.2) is 9.97 Å². The number of hydrogen-bond donors (Lipinski definition) is 1. The molecule has 2 aromatic heterocycles. The summed E-state index contributed by atoms with van der Waals surface area (Å²) in [5.41, 5.74) is 2.63. The van der Waals surface area contributed by atoms with Crippen molar-refractivity contribution in [1.29, 1.82) is 0 Å². The zero-order valence-corrected chi connectivity index (χ0v) is 8.00. The highest BCUT2D eigenvalue weighted by Gasteiger charge is 2.20. The van der Waals surface area contributed by atoms with Crippen LogP contribution < -0.4 is 0 Å². The summed E-state index contributed by atoms with van der Waals surface area (Å²) in [6, 6.07) is 0. The van der Waals surface area contributed by atoms with E-state index in [4.69, 9.17) is 0 Å². The molecule has 0 spiro atoms. The minimum atomic E-state index is 0.0325. The third kappa shape index (κ3) is 1.28. The highest BCUT2D eigenvalue weighted by Crippen LogP contribution is 2.24. The lowest BCUT2D eigenvalue weighted by atomic mass is 9.92. The van der Waals surface area contributed by atoms with Crippen molar-refractivity contribution in [3.8, 4) is 0 Å². The monoisotopic (exact) mass is 176 g/mol. The first kappa shape index (κ1) is 8.16. The number of nitrogens with zero attached hydrogens (tertiary/aromatic N) is 3. The summed E-state index contributed by atoms with van der Waals surface area (Å²) in [5.74, 6) is 0. The molecular weight excluding hydrogens is 164 g/mol. The van der Waals surface area contributed by atoms with E-state index >= 15 is 0 Å². The molecule has 0 aliphatic carbocycles. The fraction of sp³-hybridized carbons (Fsp3) is 0.444. The molecule has 0 bridgehead atoms. The molecule has 0 unspecified atom stereocenters. The normalized spacial score (nSPS) is 12.2. The summed E-state index contributed by atoms with van der Waals surface area (Å²) in [6.45, 7) is 6.36. The zero-order valence-electron chi connectivity index (χ0n) is 8.00. The molecule has 0 amide bonds. The van der Waals surface area contributed by atoms with Crippen molar-refractivity contribution in [1.82, 2.24) is 20.2 Å². The summed E-state index contributed by atoms with van der Waals surface area (Å²) in [5, 5.41) is 7.07. The highest BCUT2D eigenvalue weighted by molar-refractivity contribution is 5.73. The molecule has 0 radical (unpaired) electrons. The van der Waals surface area contributed by atoms with Crippen molar-refractivity contribution in [2.75, 3.05) is 0 Å². The first-order chi connectivity index (χ1) is 6.09. The summed E-state index contributed by atoms with van der Waals surface area (Å²) < 4.78 is 0. The van der Waals surface area contributed by atoms with Crippen LogP contribution in [0.25, 0.3) is 11.2 Å². The fourth-order valence-electron chi connectivity index (χ4n) is 1.27. The topological polar surface area (TPSA) is 54.5 Å². The van der Waals surface area contributed by atoms with Gasteiger partial charge in [0.2, 0.25) is 0 Å². The number of nitrogens with one attached hydrogen (secondary N) is 1. The summed E-state index contributed by atoms with van der Waals surface area (Å²) >= 11 is 0. The lowest BCUT2D eigenvalue weighted by molar-refractivity contribution is 0.570. The minimum absolute atomic E-state index is 0.0325. The highest BCUT2D eigenvalue weighted by atomic mass is 15.2. The molecule has 2 rings (SSSR count). The van der Waals surface area contributed by atoms with Crippen molar-refractivity contribution in [2.24, 2.45) is 0 Å². The molecule has 2 heterocycles. The maximum atomic E-state index is 4.25. The van der Waals surface area contributed by atoms with Gasteiger partial charge in [-0.3, -0.25) is 5.10 Å². The molecule has 4 heteroatoms. The van der Waals surface area contributed by atoms with Crippen LogP contribution in [0.1, 0.15) is 26.5 Å². The summed E-state index contributed by atoms with van der Waals surface area (Å²) in [6.07, 6.45) is 3.34. The fourth-order valence-corrected chi connectivity index (χ4v) is 1.27. The molecule has 4 nitrogen and oxygen atoms in total. The Morgan fingerprint density at radius 1 is 1.15 bits per heavy atom. The molecule has 0 atom stereocenters. The molecule has 0 aliphatic rings. The minimum Gasteiger partial charge on any atom is -0.278 e. The second kappa shape index (κ2) is 2.52. The van der Waals surface area contributed by atoms with E-state index in [1.54, 1.807) is 12.4 Å². The Bertz CT molecular complexity index is 424. The van der Waals surface area contributed by atoms with Gasteiger partial charge in [0.05, 0.1) is 5.69 Å². The van der Waals surface area contributed by atoms with E-state index in [-0.39, 0.29) is 5.41 Å². The van der Waals surface area contributed by atoms with Gasteiger partial charge in [-0.05, 0) is 0 Å². The van der Waals surface area contributed by atoms with E-state index in [1.807, 2.05) is 0 Å². The van der Waals surface area contributed by atoms with E-state index < -0.39 is 0 Å². The van der Waals surface area contributed by atoms with Crippen molar-refractivity contribution in [3.63, 3.8) is 0 Å². The quantitative estimate of drug-likeness (QED) is 0.664. The Morgan fingerprint density at radius 3 is 2.54 bits per heavy atom. The molecular formula is C9H12N4. The van der Waals surface area contributed by atoms with E-state index in [0.29, 0.717) is 5.65 Å². The van der Waals surface area contributed by atoms with Crippen LogP contribution in [0, 0.1) is 0 Å². The largest absolute Gasteiger partial charge is 0.278 e. The van der Waals surface area contributed by atoms with Crippen LogP contribution in [0.2, 0.25) is 0 Å².